The molecule has 0 fully saturated rings. The minimum absolute atomic E-state index is 0.0350. The van der Waals surface area contributed by atoms with Crippen LogP contribution in [0.2, 0.25) is 0 Å². The van der Waals surface area contributed by atoms with E-state index < -0.39 is 28.8 Å². The fourth-order valence-corrected chi connectivity index (χ4v) is 3.93. The van der Waals surface area contributed by atoms with Gasteiger partial charge in [0, 0.05) is 10.2 Å². The second-order valence-corrected chi connectivity index (χ2v) is 6.75. The van der Waals surface area contributed by atoms with E-state index >= 15 is 0 Å². The first kappa shape index (κ1) is 16.4. The normalized spacial score (nSPS) is 12.6. The molecular formula is C11H17BrN2O4S. The molecule has 1 rings (SSSR count). The second kappa shape index (κ2) is 6.19. The van der Waals surface area contributed by atoms with Crippen molar-refractivity contribution in [1.82, 2.24) is 4.72 Å². The summed E-state index contributed by atoms with van der Waals surface area (Å²) >= 11 is 3.14. The molecule has 0 spiro atoms. The van der Waals surface area contributed by atoms with Crippen molar-refractivity contribution >= 4 is 31.6 Å². The molecule has 1 aromatic rings. The van der Waals surface area contributed by atoms with Crippen molar-refractivity contribution in [3.63, 3.8) is 0 Å². The van der Waals surface area contributed by atoms with Crippen molar-refractivity contribution in [1.29, 1.82) is 0 Å². The molecule has 6 nitrogen and oxygen atoms in total. The third kappa shape index (κ3) is 3.67. The average Bonchev–Trinajstić information content (AvgIpc) is 2.39. The lowest BCUT2D eigenvalue weighted by molar-refractivity contribution is 0.105. The highest BCUT2D eigenvalue weighted by atomic mass is 79.9. The highest BCUT2D eigenvalue weighted by Crippen LogP contribution is 2.25. The van der Waals surface area contributed by atoms with E-state index in [9.17, 15) is 18.6 Å². The lowest BCUT2D eigenvalue weighted by atomic mass is 10.0. The number of rotatable bonds is 6. The highest BCUT2D eigenvalue weighted by Gasteiger charge is 2.33. The van der Waals surface area contributed by atoms with Gasteiger partial charge in [-0.3, -0.25) is 0 Å². The maximum Gasteiger partial charge on any atom is 0.242 e. The zero-order valence-corrected chi connectivity index (χ0v) is 12.8. The minimum atomic E-state index is -3.90. The number of sulfonamides is 1. The largest absolute Gasteiger partial charge is 0.399 e. The van der Waals surface area contributed by atoms with E-state index in [-0.39, 0.29) is 11.3 Å². The fraction of sp³-hybridized carbons (Fsp3) is 0.455. The molecule has 5 N–H and O–H groups in total. The van der Waals surface area contributed by atoms with Gasteiger partial charge in [-0.1, -0.05) is 6.92 Å². The molecule has 0 heterocycles. The summed E-state index contributed by atoms with van der Waals surface area (Å²) < 4.78 is 27.2. The fourth-order valence-electron chi connectivity index (χ4n) is 1.48. The molecule has 0 unspecified atom stereocenters. The van der Waals surface area contributed by atoms with Crippen LogP contribution in [-0.4, -0.2) is 37.4 Å². The molecule has 0 saturated carbocycles. The molecule has 1 aromatic carbocycles. The van der Waals surface area contributed by atoms with Gasteiger partial charge in [-0.25, -0.2) is 13.1 Å². The van der Waals surface area contributed by atoms with Crippen molar-refractivity contribution in [3.05, 3.63) is 22.7 Å². The van der Waals surface area contributed by atoms with E-state index in [1.54, 1.807) is 13.0 Å². The predicted molar refractivity (Wildman–Crippen MR) is 76.1 cm³/mol. The Kier molecular flexibility index (Phi) is 5.34. The van der Waals surface area contributed by atoms with Crippen LogP contribution in [-0.2, 0) is 10.0 Å². The van der Waals surface area contributed by atoms with Crippen molar-refractivity contribution in [3.8, 4) is 0 Å². The molecule has 19 heavy (non-hydrogen) atoms. The van der Waals surface area contributed by atoms with Crippen LogP contribution < -0.4 is 10.5 Å². The highest BCUT2D eigenvalue weighted by molar-refractivity contribution is 9.10. The van der Waals surface area contributed by atoms with Crippen LogP contribution >= 0.6 is 15.9 Å². The molecule has 0 aliphatic carbocycles. The van der Waals surface area contributed by atoms with Gasteiger partial charge in [0.1, 0.15) is 0 Å². The van der Waals surface area contributed by atoms with E-state index in [1.807, 2.05) is 0 Å². The Labute approximate surface area is 120 Å². The number of hydrogen-bond donors (Lipinski definition) is 4. The topological polar surface area (TPSA) is 113 Å². The van der Waals surface area contributed by atoms with Gasteiger partial charge in [-0.05, 0) is 40.5 Å². The zero-order chi connectivity index (χ0) is 14.7. The lowest BCUT2D eigenvalue weighted by Gasteiger charge is -2.29. The van der Waals surface area contributed by atoms with Gasteiger partial charge in [0.2, 0.25) is 10.0 Å². The van der Waals surface area contributed by atoms with Gasteiger partial charge in [0.05, 0.1) is 23.6 Å². The summed E-state index contributed by atoms with van der Waals surface area (Å²) in [6.45, 7) is 0.668. The molecule has 0 aliphatic rings. The van der Waals surface area contributed by atoms with Gasteiger partial charge in [-0.2, -0.15) is 0 Å². The molecule has 0 bridgehead atoms. The minimum Gasteiger partial charge on any atom is -0.399 e. The van der Waals surface area contributed by atoms with Gasteiger partial charge >= 0.3 is 0 Å². The number of aliphatic hydroxyl groups is 2. The van der Waals surface area contributed by atoms with E-state index in [0.717, 1.165) is 0 Å². The number of anilines is 1. The Hall–Kier alpha value is -0.670. The molecule has 108 valence electrons. The van der Waals surface area contributed by atoms with Crippen molar-refractivity contribution in [2.45, 2.75) is 23.8 Å². The molecular weight excluding hydrogens is 336 g/mol. The summed E-state index contributed by atoms with van der Waals surface area (Å²) in [7, 11) is -3.90. The SMILES string of the molecule is CCC(CO)(CO)NS(=O)(=O)c1cc(N)ccc1Br. The van der Waals surface area contributed by atoms with E-state index in [4.69, 9.17) is 5.73 Å². The standard InChI is InChI=1S/C11H17BrN2O4S/c1-2-11(6-15,7-16)14-19(17,18)10-5-8(13)3-4-9(10)12/h3-5,14-16H,2,6-7,13H2,1H3. The summed E-state index contributed by atoms with van der Waals surface area (Å²) in [5.41, 5.74) is 4.59. The number of hydrogen-bond acceptors (Lipinski definition) is 5. The summed E-state index contributed by atoms with van der Waals surface area (Å²) in [4.78, 5) is -0.0350. The number of nitrogens with one attached hydrogen (secondary N) is 1. The Morgan fingerprint density at radius 2 is 1.95 bits per heavy atom. The van der Waals surface area contributed by atoms with Crippen LogP contribution in [0.4, 0.5) is 5.69 Å². The monoisotopic (exact) mass is 352 g/mol. The van der Waals surface area contributed by atoms with Crippen molar-refractivity contribution in [2.75, 3.05) is 18.9 Å². The number of aliphatic hydroxyl groups excluding tert-OH is 2. The summed E-state index contributed by atoms with van der Waals surface area (Å²) in [6, 6.07) is 4.39. The Morgan fingerprint density at radius 3 is 2.42 bits per heavy atom. The molecule has 0 atom stereocenters. The lowest BCUT2D eigenvalue weighted by Crippen LogP contribution is -2.53. The Morgan fingerprint density at radius 1 is 1.37 bits per heavy atom. The molecule has 0 aliphatic heterocycles. The van der Waals surface area contributed by atoms with Gasteiger partial charge < -0.3 is 15.9 Å². The third-order valence-corrected chi connectivity index (χ3v) is 5.45. The number of halogens is 1. The van der Waals surface area contributed by atoms with Crippen LogP contribution in [0.25, 0.3) is 0 Å². The number of nitrogens with two attached hydrogens (primary N) is 1. The zero-order valence-electron chi connectivity index (χ0n) is 10.4. The Bertz CT molecular complexity index is 535. The first-order chi connectivity index (χ1) is 8.80. The number of benzene rings is 1. The quantitative estimate of drug-likeness (QED) is 0.555. The Balaban J connectivity index is 3.21. The molecule has 0 aromatic heterocycles. The van der Waals surface area contributed by atoms with Gasteiger partial charge in [-0.15, -0.1) is 0 Å². The van der Waals surface area contributed by atoms with Crippen LogP contribution in [0.5, 0.6) is 0 Å². The summed E-state index contributed by atoms with van der Waals surface area (Å²) in [5.74, 6) is 0. The summed E-state index contributed by atoms with van der Waals surface area (Å²) in [5, 5.41) is 18.6. The van der Waals surface area contributed by atoms with Crippen LogP contribution in [0.1, 0.15) is 13.3 Å². The van der Waals surface area contributed by atoms with Gasteiger partial charge in [0.15, 0.2) is 0 Å². The van der Waals surface area contributed by atoms with Crippen molar-refractivity contribution in [2.24, 2.45) is 0 Å². The smallest absolute Gasteiger partial charge is 0.242 e. The van der Waals surface area contributed by atoms with Crippen LogP contribution in [0.3, 0.4) is 0 Å². The molecule has 0 radical (unpaired) electrons. The second-order valence-electron chi connectivity index (χ2n) is 4.25. The van der Waals surface area contributed by atoms with Crippen LogP contribution in [0.15, 0.2) is 27.6 Å². The molecule has 0 saturated heterocycles. The predicted octanol–water partition coefficient (Wildman–Crippen LogP) is 0.443. The third-order valence-electron chi connectivity index (χ3n) is 2.88. The first-order valence-electron chi connectivity index (χ1n) is 5.61. The average molecular weight is 353 g/mol. The van der Waals surface area contributed by atoms with E-state index in [2.05, 4.69) is 20.7 Å². The van der Waals surface area contributed by atoms with Gasteiger partial charge in [0.25, 0.3) is 0 Å². The number of nitrogen functional groups attached to an aromatic ring is 1. The van der Waals surface area contributed by atoms with Crippen molar-refractivity contribution < 1.29 is 18.6 Å². The van der Waals surface area contributed by atoms with E-state index in [1.165, 1.54) is 12.1 Å². The molecule has 0 amide bonds. The summed E-state index contributed by atoms with van der Waals surface area (Å²) in [6.07, 6.45) is 0.249. The maximum absolute atomic E-state index is 12.3. The first-order valence-corrected chi connectivity index (χ1v) is 7.88. The maximum atomic E-state index is 12.3. The van der Waals surface area contributed by atoms with Crippen LogP contribution in [0, 0.1) is 0 Å². The van der Waals surface area contributed by atoms with E-state index in [0.29, 0.717) is 10.2 Å². The molecule has 8 heteroatoms.